The predicted molar refractivity (Wildman–Crippen MR) is 83.9 cm³/mol. The molecule has 7 heteroatoms. The van der Waals surface area contributed by atoms with Crippen LogP contribution in [0.15, 0.2) is 18.0 Å². The molecule has 3 rings (SSSR count). The fraction of sp³-hybridized carbons (Fsp3) is 0.533. The number of aromatic nitrogens is 3. The van der Waals surface area contributed by atoms with Gasteiger partial charge in [-0.25, -0.2) is 9.97 Å². The van der Waals surface area contributed by atoms with Gasteiger partial charge in [0, 0.05) is 19.7 Å². The van der Waals surface area contributed by atoms with Gasteiger partial charge in [0.05, 0.1) is 29.4 Å². The molecule has 118 valence electrons. The van der Waals surface area contributed by atoms with Crippen LogP contribution in [0.25, 0.3) is 0 Å². The lowest BCUT2D eigenvalue weighted by atomic mass is 10.0. The third-order valence-electron chi connectivity index (χ3n) is 3.99. The van der Waals surface area contributed by atoms with E-state index < -0.39 is 0 Å². The Morgan fingerprint density at radius 1 is 1.59 bits per heavy atom. The van der Waals surface area contributed by atoms with Crippen LogP contribution in [-0.4, -0.2) is 33.1 Å². The molecule has 0 aromatic carbocycles. The summed E-state index contributed by atoms with van der Waals surface area (Å²) in [6, 6.07) is 0.118. The summed E-state index contributed by atoms with van der Waals surface area (Å²) in [5.41, 5.74) is 3.65. The van der Waals surface area contributed by atoms with E-state index in [2.05, 4.69) is 15.3 Å². The van der Waals surface area contributed by atoms with Crippen molar-refractivity contribution in [1.82, 2.24) is 19.9 Å². The van der Waals surface area contributed by atoms with E-state index in [1.165, 1.54) is 11.3 Å². The zero-order valence-electron chi connectivity index (χ0n) is 12.8. The topological polar surface area (TPSA) is 69.0 Å². The molecule has 1 saturated heterocycles. The molecule has 1 N–H and O–H groups in total. The van der Waals surface area contributed by atoms with Gasteiger partial charge in [-0.1, -0.05) is 6.92 Å². The van der Waals surface area contributed by atoms with Crippen molar-refractivity contribution >= 4 is 17.2 Å². The van der Waals surface area contributed by atoms with Crippen molar-refractivity contribution in [3.8, 4) is 0 Å². The summed E-state index contributed by atoms with van der Waals surface area (Å²) in [6.07, 6.45) is 5.96. The molecule has 0 bridgehead atoms. The molecule has 0 spiro atoms. The second kappa shape index (κ2) is 6.58. The largest absolute Gasteiger partial charge is 0.372 e. The summed E-state index contributed by atoms with van der Waals surface area (Å²) >= 11 is 1.40. The number of ether oxygens (including phenoxy) is 1. The van der Waals surface area contributed by atoms with Crippen LogP contribution in [0, 0.1) is 0 Å². The standard InChI is InChI=1S/C15H20N4O2S/c1-3-11-14(22-9-17-11)15(20)18-10-4-5-21-13(6-10)12-7-16-8-19(12)2/h7-10,13H,3-6H2,1-2H3,(H,18,20)/t10-,13+/m0/s1. The lowest BCUT2D eigenvalue weighted by Crippen LogP contribution is -2.40. The summed E-state index contributed by atoms with van der Waals surface area (Å²) in [6.45, 7) is 2.66. The summed E-state index contributed by atoms with van der Waals surface area (Å²) in [5, 5.41) is 3.13. The van der Waals surface area contributed by atoms with Crippen molar-refractivity contribution in [1.29, 1.82) is 0 Å². The van der Waals surface area contributed by atoms with Gasteiger partial charge in [0.2, 0.25) is 0 Å². The summed E-state index contributed by atoms with van der Waals surface area (Å²) in [4.78, 5) is 21.5. The maximum Gasteiger partial charge on any atom is 0.263 e. The number of nitrogens with one attached hydrogen (secondary N) is 1. The molecule has 1 aliphatic heterocycles. The van der Waals surface area contributed by atoms with Crippen molar-refractivity contribution in [2.45, 2.75) is 38.3 Å². The predicted octanol–water partition coefficient (Wildman–Crippen LogP) is 2.09. The van der Waals surface area contributed by atoms with Crippen molar-refractivity contribution < 1.29 is 9.53 Å². The Labute approximate surface area is 133 Å². The highest BCUT2D eigenvalue weighted by atomic mass is 32.1. The summed E-state index contributed by atoms with van der Waals surface area (Å²) in [7, 11) is 1.96. The van der Waals surface area contributed by atoms with Crippen molar-refractivity contribution in [3.05, 3.63) is 34.3 Å². The SMILES string of the molecule is CCc1ncsc1C(=O)N[C@H]1CCO[C@@H](c2cncn2C)C1. The van der Waals surface area contributed by atoms with Crippen LogP contribution in [0.4, 0.5) is 0 Å². The maximum absolute atomic E-state index is 12.4. The Balaban J connectivity index is 1.65. The van der Waals surface area contributed by atoms with Crippen LogP contribution in [-0.2, 0) is 18.2 Å². The van der Waals surface area contributed by atoms with Gasteiger partial charge >= 0.3 is 0 Å². The Morgan fingerprint density at radius 2 is 2.45 bits per heavy atom. The van der Waals surface area contributed by atoms with Crippen molar-refractivity contribution in [2.24, 2.45) is 7.05 Å². The zero-order chi connectivity index (χ0) is 15.5. The minimum Gasteiger partial charge on any atom is -0.372 e. The molecule has 0 aliphatic carbocycles. The Hall–Kier alpha value is -1.73. The number of thiazole rings is 1. The third-order valence-corrected chi connectivity index (χ3v) is 4.85. The normalized spacial score (nSPS) is 21.7. The highest BCUT2D eigenvalue weighted by Crippen LogP contribution is 2.28. The summed E-state index contributed by atoms with van der Waals surface area (Å²) in [5.74, 6) is -0.0185. The molecule has 1 amide bonds. The number of imidazole rings is 1. The van der Waals surface area contributed by atoms with E-state index in [1.54, 1.807) is 11.8 Å². The van der Waals surface area contributed by atoms with E-state index in [9.17, 15) is 4.79 Å². The van der Waals surface area contributed by atoms with E-state index in [4.69, 9.17) is 4.74 Å². The lowest BCUT2D eigenvalue weighted by Gasteiger charge is -2.30. The van der Waals surface area contributed by atoms with E-state index >= 15 is 0 Å². The van der Waals surface area contributed by atoms with Crippen LogP contribution in [0.2, 0.25) is 0 Å². The first kappa shape index (κ1) is 15.2. The van der Waals surface area contributed by atoms with Crippen LogP contribution in [0.5, 0.6) is 0 Å². The fourth-order valence-electron chi connectivity index (χ4n) is 2.77. The van der Waals surface area contributed by atoms with Crippen molar-refractivity contribution in [2.75, 3.05) is 6.61 Å². The number of aryl methyl sites for hydroxylation is 2. The second-order valence-electron chi connectivity index (χ2n) is 5.47. The molecule has 0 radical (unpaired) electrons. The minimum absolute atomic E-state index is 0.0151. The van der Waals surface area contributed by atoms with Crippen LogP contribution < -0.4 is 5.32 Å². The first-order chi connectivity index (χ1) is 10.7. The number of hydrogen-bond donors (Lipinski definition) is 1. The molecular weight excluding hydrogens is 300 g/mol. The number of carbonyl (C=O) groups excluding carboxylic acids is 1. The lowest BCUT2D eigenvalue weighted by molar-refractivity contribution is -0.00299. The molecule has 3 heterocycles. The van der Waals surface area contributed by atoms with Crippen LogP contribution >= 0.6 is 11.3 Å². The monoisotopic (exact) mass is 320 g/mol. The van der Waals surface area contributed by atoms with E-state index in [-0.39, 0.29) is 18.1 Å². The summed E-state index contributed by atoms with van der Waals surface area (Å²) < 4.78 is 7.79. The molecule has 0 unspecified atom stereocenters. The van der Waals surface area contributed by atoms with Gasteiger partial charge in [-0.2, -0.15) is 0 Å². The first-order valence-electron chi connectivity index (χ1n) is 7.50. The van der Waals surface area contributed by atoms with Gasteiger partial charge < -0.3 is 14.6 Å². The number of nitrogens with zero attached hydrogens (tertiary/aromatic N) is 3. The first-order valence-corrected chi connectivity index (χ1v) is 8.38. The van der Waals surface area contributed by atoms with Crippen LogP contribution in [0.3, 0.4) is 0 Å². The van der Waals surface area contributed by atoms with Gasteiger partial charge in [0.15, 0.2) is 0 Å². The third kappa shape index (κ3) is 3.05. The van der Waals surface area contributed by atoms with Gasteiger partial charge in [-0.3, -0.25) is 4.79 Å². The van der Waals surface area contributed by atoms with Gasteiger partial charge in [0.1, 0.15) is 11.0 Å². The molecule has 6 nitrogen and oxygen atoms in total. The smallest absolute Gasteiger partial charge is 0.263 e. The van der Waals surface area contributed by atoms with E-state index in [0.717, 1.165) is 35.5 Å². The molecule has 1 fully saturated rings. The Morgan fingerprint density at radius 3 is 3.18 bits per heavy atom. The Kier molecular flexibility index (Phi) is 4.54. The fourth-order valence-corrected chi connectivity index (χ4v) is 3.55. The van der Waals surface area contributed by atoms with Gasteiger partial charge in [-0.05, 0) is 19.3 Å². The number of hydrogen-bond acceptors (Lipinski definition) is 5. The quantitative estimate of drug-likeness (QED) is 0.936. The second-order valence-corrected chi connectivity index (χ2v) is 6.32. The van der Waals surface area contributed by atoms with Crippen molar-refractivity contribution in [3.63, 3.8) is 0 Å². The number of amides is 1. The molecule has 1 aliphatic rings. The maximum atomic E-state index is 12.4. The van der Waals surface area contributed by atoms with Gasteiger partial charge in [-0.15, -0.1) is 11.3 Å². The van der Waals surface area contributed by atoms with Crippen LogP contribution in [0.1, 0.15) is 46.9 Å². The highest BCUT2D eigenvalue weighted by molar-refractivity contribution is 7.11. The zero-order valence-corrected chi connectivity index (χ0v) is 13.6. The molecule has 2 aromatic heterocycles. The van der Waals surface area contributed by atoms with E-state index in [1.807, 2.05) is 24.7 Å². The Bertz CT molecular complexity index is 652. The van der Waals surface area contributed by atoms with E-state index in [0.29, 0.717) is 6.61 Å². The number of rotatable bonds is 4. The minimum atomic E-state index is -0.0185. The molecule has 2 atom stereocenters. The average Bonchev–Trinajstić information content (AvgIpc) is 3.15. The van der Waals surface area contributed by atoms with Gasteiger partial charge in [0.25, 0.3) is 5.91 Å². The molecular formula is C15H20N4O2S. The molecule has 22 heavy (non-hydrogen) atoms. The average molecular weight is 320 g/mol. The number of carbonyl (C=O) groups is 1. The highest BCUT2D eigenvalue weighted by Gasteiger charge is 2.27. The molecule has 2 aromatic rings. The molecule has 0 saturated carbocycles.